The van der Waals surface area contributed by atoms with Crippen molar-refractivity contribution >= 4 is 5.91 Å². The number of hydrogen-bond donors (Lipinski definition) is 2. The summed E-state index contributed by atoms with van der Waals surface area (Å²) in [6.45, 7) is 7.25. The van der Waals surface area contributed by atoms with Gasteiger partial charge in [0.05, 0.1) is 0 Å². The van der Waals surface area contributed by atoms with E-state index in [1.54, 1.807) is 0 Å². The molecule has 0 spiro atoms. The van der Waals surface area contributed by atoms with Gasteiger partial charge in [0.25, 0.3) is 0 Å². The van der Waals surface area contributed by atoms with Gasteiger partial charge < -0.3 is 11.1 Å². The van der Waals surface area contributed by atoms with E-state index in [2.05, 4.69) is 26.1 Å². The molecule has 1 amide bonds. The van der Waals surface area contributed by atoms with Crippen LogP contribution in [0.5, 0.6) is 0 Å². The maximum absolute atomic E-state index is 10.8. The number of hydrogen-bond acceptors (Lipinski definition) is 2. The Morgan fingerprint density at radius 3 is 2.57 bits per heavy atom. The van der Waals surface area contributed by atoms with E-state index in [-0.39, 0.29) is 5.91 Å². The highest BCUT2D eigenvalue weighted by Gasteiger charge is 2.06. The lowest BCUT2D eigenvalue weighted by molar-refractivity contribution is -0.113. The third-order valence-corrected chi connectivity index (χ3v) is 2.30. The molecule has 3 heteroatoms. The smallest absolute Gasteiger partial charge is 0.243 e. The van der Waals surface area contributed by atoms with Crippen LogP contribution >= 0.6 is 0 Å². The van der Waals surface area contributed by atoms with Gasteiger partial charge in [0.1, 0.15) is 0 Å². The van der Waals surface area contributed by atoms with E-state index in [9.17, 15) is 4.79 Å². The molecule has 0 fully saturated rings. The van der Waals surface area contributed by atoms with Crippen molar-refractivity contribution in [2.24, 2.45) is 11.7 Å². The van der Waals surface area contributed by atoms with Crippen LogP contribution in [-0.4, -0.2) is 12.5 Å². The summed E-state index contributed by atoms with van der Waals surface area (Å²) in [6.07, 6.45) is 4.78. The van der Waals surface area contributed by atoms with Gasteiger partial charge in [-0.2, -0.15) is 0 Å². The third-order valence-electron chi connectivity index (χ3n) is 2.30. The standard InChI is InChI=1S/C11H22N2O/c1-4-6-7-13-10(8-11(12)14)9(3)5-2/h8-9,13H,4-7H2,1-3H3,(H2,12,14). The summed E-state index contributed by atoms with van der Waals surface area (Å²) in [5.41, 5.74) is 6.10. The number of carbonyl (C=O) groups excluding carboxylic acids is 1. The molecule has 3 nitrogen and oxygen atoms in total. The van der Waals surface area contributed by atoms with Crippen LogP contribution in [0, 0.1) is 5.92 Å². The fourth-order valence-corrected chi connectivity index (χ4v) is 1.15. The van der Waals surface area contributed by atoms with Crippen molar-refractivity contribution in [1.82, 2.24) is 5.32 Å². The highest BCUT2D eigenvalue weighted by molar-refractivity contribution is 5.86. The van der Waals surface area contributed by atoms with Crippen molar-refractivity contribution in [3.8, 4) is 0 Å². The Hall–Kier alpha value is -0.990. The molecule has 0 heterocycles. The topological polar surface area (TPSA) is 55.1 Å². The van der Waals surface area contributed by atoms with Crippen LogP contribution in [0.3, 0.4) is 0 Å². The van der Waals surface area contributed by atoms with Crippen molar-refractivity contribution in [1.29, 1.82) is 0 Å². The number of rotatable bonds is 7. The molecule has 0 aromatic rings. The molecule has 0 aromatic heterocycles. The molecule has 0 saturated carbocycles. The van der Waals surface area contributed by atoms with Crippen molar-refractivity contribution in [3.05, 3.63) is 11.8 Å². The van der Waals surface area contributed by atoms with Crippen molar-refractivity contribution in [2.45, 2.75) is 40.0 Å². The molecule has 0 bridgehead atoms. The largest absolute Gasteiger partial charge is 0.388 e. The van der Waals surface area contributed by atoms with Gasteiger partial charge in [0.15, 0.2) is 0 Å². The number of nitrogens with one attached hydrogen (secondary N) is 1. The van der Waals surface area contributed by atoms with Crippen LogP contribution in [-0.2, 0) is 4.79 Å². The Kier molecular flexibility index (Phi) is 6.89. The van der Waals surface area contributed by atoms with Gasteiger partial charge in [-0.1, -0.05) is 27.2 Å². The normalized spacial score (nSPS) is 13.8. The summed E-state index contributed by atoms with van der Waals surface area (Å²) in [7, 11) is 0. The minimum atomic E-state index is -0.371. The predicted octanol–water partition coefficient (Wildman–Crippen LogP) is 1.79. The predicted molar refractivity (Wildman–Crippen MR) is 59.6 cm³/mol. The van der Waals surface area contributed by atoms with Gasteiger partial charge in [-0.15, -0.1) is 0 Å². The van der Waals surface area contributed by atoms with Crippen LogP contribution in [0.25, 0.3) is 0 Å². The summed E-state index contributed by atoms with van der Waals surface area (Å²) in [6, 6.07) is 0. The molecule has 0 radical (unpaired) electrons. The second-order valence-corrected chi connectivity index (χ2v) is 3.59. The highest BCUT2D eigenvalue weighted by atomic mass is 16.1. The quantitative estimate of drug-likeness (QED) is 0.484. The molecule has 1 atom stereocenters. The molecule has 82 valence electrons. The first-order valence-corrected chi connectivity index (χ1v) is 5.36. The Labute approximate surface area is 86.8 Å². The molecule has 1 unspecified atom stereocenters. The van der Waals surface area contributed by atoms with Crippen molar-refractivity contribution in [3.63, 3.8) is 0 Å². The maximum atomic E-state index is 10.8. The first kappa shape index (κ1) is 13.0. The van der Waals surface area contributed by atoms with Gasteiger partial charge in [-0.25, -0.2) is 0 Å². The number of amides is 1. The van der Waals surface area contributed by atoms with Crippen LogP contribution < -0.4 is 11.1 Å². The van der Waals surface area contributed by atoms with E-state index in [0.717, 1.165) is 31.5 Å². The van der Waals surface area contributed by atoms with Gasteiger partial charge in [-0.05, 0) is 18.8 Å². The zero-order valence-electron chi connectivity index (χ0n) is 9.47. The Morgan fingerprint density at radius 1 is 1.50 bits per heavy atom. The molecule has 0 rings (SSSR count). The Balaban J connectivity index is 4.18. The van der Waals surface area contributed by atoms with E-state index in [4.69, 9.17) is 5.73 Å². The van der Waals surface area contributed by atoms with E-state index in [1.807, 2.05) is 0 Å². The fourth-order valence-electron chi connectivity index (χ4n) is 1.15. The van der Waals surface area contributed by atoms with Crippen LogP contribution in [0.4, 0.5) is 0 Å². The minimum absolute atomic E-state index is 0.371. The van der Waals surface area contributed by atoms with E-state index >= 15 is 0 Å². The van der Waals surface area contributed by atoms with Gasteiger partial charge in [0, 0.05) is 18.3 Å². The summed E-state index contributed by atoms with van der Waals surface area (Å²) in [5.74, 6) is 0.00338. The molecule has 3 N–H and O–H groups in total. The lowest BCUT2D eigenvalue weighted by atomic mass is 10.0. The summed E-state index contributed by atoms with van der Waals surface area (Å²) >= 11 is 0. The Morgan fingerprint density at radius 2 is 2.14 bits per heavy atom. The van der Waals surface area contributed by atoms with Crippen molar-refractivity contribution in [2.75, 3.05) is 6.54 Å². The zero-order valence-corrected chi connectivity index (χ0v) is 9.47. The third kappa shape index (κ3) is 5.62. The second-order valence-electron chi connectivity index (χ2n) is 3.59. The number of unbranched alkanes of at least 4 members (excludes halogenated alkanes) is 1. The van der Waals surface area contributed by atoms with Crippen molar-refractivity contribution < 1.29 is 4.79 Å². The molecular formula is C11H22N2O. The van der Waals surface area contributed by atoms with Gasteiger partial charge >= 0.3 is 0 Å². The second kappa shape index (κ2) is 7.42. The first-order chi connectivity index (χ1) is 6.61. The lowest BCUT2D eigenvalue weighted by Crippen LogP contribution is -2.22. The fraction of sp³-hybridized carbons (Fsp3) is 0.727. The van der Waals surface area contributed by atoms with Crippen LogP contribution in [0.15, 0.2) is 11.8 Å². The number of allylic oxidation sites excluding steroid dienone is 1. The average Bonchev–Trinajstić information content (AvgIpc) is 2.15. The summed E-state index contributed by atoms with van der Waals surface area (Å²) in [5, 5.41) is 3.26. The number of carbonyl (C=O) groups is 1. The zero-order chi connectivity index (χ0) is 11.0. The summed E-state index contributed by atoms with van der Waals surface area (Å²) < 4.78 is 0. The molecular weight excluding hydrogens is 176 g/mol. The molecule has 0 aromatic carbocycles. The monoisotopic (exact) mass is 198 g/mol. The summed E-state index contributed by atoms with van der Waals surface area (Å²) in [4.78, 5) is 10.8. The van der Waals surface area contributed by atoms with Crippen LogP contribution in [0.1, 0.15) is 40.0 Å². The Bertz CT molecular complexity index is 199. The van der Waals surface area contributed by atoms with E-state index in [1.165, 1.54) is 6.08 Å². The maximum Gasteiger partial charge on any atom is 0.243 e. The number of nitrogens with two attached hydrogens (primary N) is 1. The SMILES string of the molecule is CCCCNC(=CC(N)=O)C(C)CC. The molecule has 0 aliphatic rings. The molecule has 0 saturated heterocycles. The minimum Gasteiger partial charge on any atom is -0.388 e. The molecule has 0 aliphatic carbocycles. The van der Waals surface area contributed by atoms with Gasteiger partial charge in [-0.3, -0.25) is 4.79 Å². The van der Waals surface area contributed by atoms with E-state index < -0.39 is 0 Å². The molecule has 14 heavy (non-hydrogen) atoms. The average molecular weight is 198 g/mol. The highest BCUT2D eigenvalue weighted by Crippen LogP contribution is 2.10. The lowest BCUT2D eigenvalue weighted by Gasteiger charge is -2.15. The first-order valence-electron chi connectivity index (χ1n) is 5.36. The van der Waals surface area contributed by atoms with Crippen LogP contribution in [0.2, 0.25) is 0 Å². The number of primary amides is 1. The van der Waals surface area contributed by atoms with E-state index in [0.29, 0.717) is 5.92 Å². The molecule has 0 aliphatic heterocycles. The van der Waals surface area contributed by atoms with Gasteiger partial charge in [0.2, 0.25) is 5.91 Å².